The highest BCUT2D eigenvalue weighted by Gasteiger charge is 2.20. The minimum atomic E-state index is -0.410. The number of carbonyl (C=O) groups is 1. The first-order valence-electron chi connectivity index (χ1n) is 5.73. The van der Waals surface area contributed by atoms with Crippen LogP contribution < -0.4 is 15.2 Å². The molecule has 0 bridgehead atoms. The van der Waals surface area contributed by atoms with E-state index < -0.39 is 5.97 Å². The van der Waals surface area contributed by atoms with E-state index in [1.54, 1.807) is 7.11 Å². The van der Waals surface area contributed by atoms with Crippen LogP contribution >= 0.6 is 11.3 Å². The third-order valence-electron chi connectivity index (χ3n) is 2.58. The van der Waals surface area contributed by atoms with E-state index >= 15 is 0 Å². The number of esters is 1. The first-order valence-corrected chi connectivity index (χ1v) is 6.54. The fourth-order valence-electron chi connectivity index (χ4n) is 1.71. The van der Waals surface area contributed by atoms with Crippen LogP contribution in [0.5, 0.6) is 11.5 Å². The van der Waals surface area contributed by atoms with Crippen molar-refractivity contribution in [3.8, 4) is 11.5 Å². The van der Waals surface area contributed by atoms with Gasteiger partial charge >= 0.3 is 5.97 Å². The lowest BCUT2D eigenvalue weighted by Crippen LogP contribution is -2.12. The zero-order valence-electron chi connectivity index (χ0n) is 10.8. The maximum absolute atomic E-state index is 11.8. The molecule has 0 atom stereocenters. The van der Waals surface area contributed by atoms with Crippen LogP contribution in [0.2, 0.25) is 0 Å². The Morgan fingerprint density at radius 1 is 1.37 bits per heavy atom. The van der Waals surface area contributed by atoms with Crippen LogP contribution in [0.1, 0.15) is 9.67 Å². The summed E-state index contributed by atoms with van der Waals surface area (Å²) in [6.45, 7) is 0.717. The number of methoxy groups -OCH3 is 2. The van der Waals surface area contributed by atoms with Crippen LogP contribution in [-0.2, 0) is 4.74 Å². The lowest BCUT2D eigenvalue weighted by molar-refractivity contribution is 0.0602. The molecule has 0 unspecified atom stereocenters. The summed E-state index contributed by atoms with van der Waals surface area (Å²) in [6, 6.07) is 5.57. The summed E-state index contributed by atoms with van der Waals surface area (Å²) in [5.41, 5.74) is 5.44. The van der Waals surface area contributed by atoms with Crippen molar-refractivity contribution in [2.75, 3.05) is 27.4 Å². The third-order valence-corrected chi connectivity index (χ3v) is 3.72. The number of nitrogens with two attached hydrogens (primary N) is 1. The maximum atomic E-state index is 11.8. The Hall–Kier alpha value is -1.79. The van der Waals surface area contributed by atoms with Crippen LogP contribution in [0.3, 0.4) is 0 Å². The number of thiophene rings is 1. The monoisotopic (exact) mass is 281 g/mol. The van der Waals surface area contributed by atoms with E-state index in [4.69, 9.17) is 19.9 Å². The van der Waals surface area contributed by atoms with E-state index in [9.17, 15) is 4.79 Å². The van der Waals surface area contributed by atoms with Gasteiger partial charge in [0.2, 0.25) is 0 Å². The zero-order valence-corrected chi connectivity index (χ0v) is 11.6. The second kappa shape index (κ2) is 5.90. The molecule has 0 saturated heterocycles. The van der Waals surface area contributed by atoms with Crippen molar-refractivity contribution >= 4 is 27.4 Å². The largest absolute Gasteiger partial charge is 0.497 e. The molecular formula is C13H15NO4S. The minimum Gasteiger partial charge on any atom is -0.497 e. The summed E-state index contributed by atoms with van der Waals surface area (Å²) in [7, 11) is 2.94. The van der Waals surface area contributed by atoms with E-state index in [-0.39, 0.29) is 0 Å². The highest BCUT2D eigenvalue weighted by molar-refractivity contribution is 7.21. The second-order valence-electron chi connectivity index (χ2n) is 3.75. The fraction of sp³-hybridized carbons (Fsp3) is 0.308. The van der Waals surface area contributed by atoms with Gasteiger partial charge in [-0.3, -0.25) is 0 Å². The van der Waals surface area contributed by atoms with Crippen LogP contribution in [0.15, 0.2) is 18.2 Å². The molecule has 1 aromatic carbocycles. The number of hydrogen-bond acceptors (Lipinski definition) is 6. The number of hydrogen-bond donors (Lipinski definition) is 1. The van der Waals surface area contributed by atoms with Gasteiger partial charge in [0.1, 0.15) is 12.4 Å². The molecule has 19 heavy (non-hydrogen) atoms. The SMILES string of the molecule is COC(=O)c1sc2ccc(OC)cc2c1OCCN. The molecule has 0 aliphatic heterocycles. The Morgan fingerprint density at radius 3 is 2.79 bits per heavy atom. The summed E-state index contributed by atoms with van der Waals surface area (Å²) in [5.74, 6) is 0.808. The van der Waals surface area contributed by atoms with Gasteiger partial charge in [-0.15, -0.1) is 11.3 Å². The van der Waals surface area contributed by atoms with Gasteiger partial charge in [0.25, 0.3) is 0 Å². The molecule has 1 aromatic heterocycles. The molecule has 0 fully saturated rings. The van der Waals surface area contributed by atoms with Crippen molar-refractivity contribution in [2.24, 2.45) is 5.73 Å². The Labute approximate surface area is 114 Å². The van der Waals surface area contributed by atoms with Crippen molar-refractivity contribution in [3.05, 3.63) is 23.1 Å². The molecule has 1 heterocycles. The molecule has 0 radical (unpaired) electrons. The lowest BCUT2D eigenvalue weighted by Gasteiger charge is -2.06. The average Bonchev–Trinajstić information content (AvgIpc) is 2.81. The van der Waals surface area contributed by atoms with E-state index in [0.29, 0.717) is 29.5 Å². The van der Waals surface area contributed by atoms with E-state index in [1.807, 2.05) is 18.2 Å². The van der Waals surface area contributed by atoms with Crippen molar-refractivity contribution < 1.29 is 19.0 Å². The van der Waals surface area contributed by atoms with Crippen LogP contribution in [-0.4, -0.2) is 33.3 Å². The second-order valence-corrected chi connectivity index (χ2v) is 4.80. The number of carbonyl (C=O) groups excluding carboxylic acids is 1. The highest BCUT2D eigenvalue weighted by atomic mass is 32.1. The number of rotatable bonds is 5. The smallest absolute Gasteiger partial charge is 0.351 e. The molecule has 0 amide bonds. The molecule has 2 aromatic rings. The summed E-state index contributed by atoms with van der Waals surface area (Å²) >= 11 is 1.33. The molecule has 0 spiro atoms. The highest BCUT2D eigenvalue weighted by Crippen LogP contribution is 2.39. The van der Waals surface area contributed by atoms with E-state index in [2.05, 4.69) is 0 Å². The molecule has 102 valence electrons. The average molecular weight is 281 g/mol. The molecule has 0 aliphatic rings. The van der Waals surface area contributed by atoms with Gasteiger partial charge in [-0.25, -0.2) is 4.79 Å². The van der Waals surface area contributed by atoms with E-state index in [0.717, 1.165) is 10.1 Å². The summed E-state index contributed by atoms with van der Waals surface area (Å²) in [4.78, 5) is 12.2. The number of benzene rings is 1. The molecule has 2 rings (SSSR count). The fourth-order valence-corrected chi connectivity index (χ4v) is 2.76. The van der Waals surface area contributed by atoms with Crippen molar-refractivity contribution in [1.29, 1.82) is 0 Å². The normalized spacial score (nSPS) is 10.5. The first kappa shape index (κ1) is 13.6. The molecule has 5 nitrogen and oxygen atoms in total. The zero-order chi connectivity index (χ0) is 13.8. The van der Waals surface area contributed by atoms with Crippen molar-refractivity contribution in [3.63, 3.8) is 0 Å². The molecular weight excluding hydrogens is 266 g/mol. The third kappa shape index (κ3) is 2.64. The molecule has 0 aliphatic carbocycles. The maximum Gasteiger partial charge on any atom is 0.351 e. The minimum absolute atomic E-state index is 0.340. The molecule has 2 N–H and O–H groups in total. The lowest BCUT2D eigenvalue weighted by atomic mass is 10.2. The van der Waals surface area contributed by atoms with Gasteiger partial charge in [0, 0.05) is 16.6 Å². The van der Waals surface area contributed by atoms with Crippen molar-refractivity contribution in [1.82, 2.24) is 0 Å². The van der Waals surface area contributed by atoms with Gasteiger partial charge in [0.15, 0.2) is 10.6 Å². The Morgan fingerprint density at radius 2 is 2.16 bits per heavy atom. The van der Waals surface area contributed by atoms with Crippen LogP contribution in [0, 0.1) is 0 Å². The summed E-state index contributed by atoms with van der Waals surface area (Å²) in [5, 5.41) is 0.832. The standard InChI is InChI=1S/C13H15NO4S/c1-16-8-3-4-10-9(7-8)11(18-6-5-14)12(19-10)13(15)17-2/h3-4,7H,5-6,14H2,1-2H3. The van der Waals surface area contributed by atoms with Gasteiger partial charge in [-0.2, -0.15) is 0 Å². The quantitative estimate of drug-likeness (QED) is 0.849. The van der Waals surface area contributed by atoms with Gasteiger partial charge in [0.05, 0.1) is 14.2 Å². The Bertz CT molecular complexity index is 594. The van der Waals surface area contributed by atoms with Gasteiger partial charge in [-0.1, -0.05) is 0 Å². The first-order chi connectivity index (χ1) is 9.21. The summed E-state index contributed by atoms with van der Waals surface area (Å²) in [6.07, 6.45) is 0. The Kier molecular flexibility index (Phi) is 4.24. The summed E-state index contributed by atoms with van der Waals surface area (Å²) < 4.78 is 16.5. The number of fused-ring (bicyclic) bond motifs is 1. The van der Waals surface area contributed by atoms with Crippen molar-refractivity contribution in [2.45, 2.75) is 0 Å². The predicted molar refractivity (Wildman–Crippen MR) is 74.3 cm³/mol. The van der Waals surface area contributed by atoms with Crippen LogP contribution in [0.4, 0.5) is 0 Å². The topological polar surface area (TPSA) is 70.8 Å². The van der Waals surface area contributed by atoms with Gasteiger partial charge in [-0.05, 0) is 18.2 Å². The van der Waals surface area contributed by atoms with E-state index in [1.165, 1.54) is 18.4 Å². The number of ether oxygens (including phenoxy) is 3. The Balaban J connectivity index is 2.56. The van der Waals surface area contributed by atoms with Crippen LogP contribution in [0.25, 0.3) is 10.1 Å². The van der Waals surface area contributed by atoms with Gasteiger partial charge < -0.3 is 19.9 Å². The molecule has 6 heteroatoms. The predicted octanol–water partition coefficient (Wildman–Crippen LogP) is 2.03. The molecule has 0 saturated carbocycles.